The van der Waals surface area contributed by atoms with Crippen LogP contribution in [0.5, 0.6) is 0 Å². The number of halogens is 1. The van der Waals surface area contributed by atoms with E-state index in [1.807, 2.05) is 9.80 Å². The molecule has 2 saturated heterocycles. The number of benzene rings is 2. The molecular weight excluding hydrogens is 379 g/mol. The van der Waals surface area contributed by atoms with Gasteiger partial charge in [-0.15, -0.1) is 0 Å². The molecule has 2 aliphatic rings. The van der Waals surface area contributed by atoms with E-state index >= 15 is 0 Å². The maximum Gasteiger partial charge on any atom is 0.271 e. The second-order valence-corrected chi connectivity index (χ2v) is 7.04. The Morgan fingerprint density at radius 3 is 2.41 bits per heavy atom. The van der Waals surface area contributed by atoms with Crippen LogP contribution in [0.3, 0.4) is 0 Å². The molecule has 4 rings (SSSR count). The van der Waals surface area contributed by atoms with Crippen molar-refractivity contribution in [2.24, 2.45) is 0 Å². The minimum absolute atomic E-state index is 0.0290. The molecule has 2 aromatic rings. The molecule has 0 unspecified atom stereocenters. The van der Waals surface area contributed by atoms with Crippen LogP contribution in [0.15, 0.2) is 48.5 Å². The number of carbonyl (C=O) groups excluding carboxylic acids is 2. The van der Waals surface area contributed by atoms with Crippen LogP contribution < -0.4 is 9.80 Å². The fourth-order valence-electron chi connectivity index (χ4n) is 3.90. The number of para-hydroxylation sites is 1. The minimum atomic E-state index is -0.607. The Kier molecular flexibility index (Phi) is 4.98. The Labute approximate surface area is 166 Å². The van der Waals surface area contributed by atoms with Crippen LogP contribution >= 0.6 is 0 Å². The molecule has 2 aromatic carbocycles. The number of amides is 2. The first-order valence-corrected chi connectivity index (χ1v) is 9.30. The van der Waals surface area contributed by atoms with Gasteiger partial charge in [0, 0.05) is 38.3 Å². The van der Waals surface area contributed by atoms with E-state index in [2.05, 4.69) is 0 Å². The Morgan fingerprint density at radius 1 is 1.00 bits per heavy atom. The van der Waals surface area contributed by atoms with E-state index in [1.165, 1.54) is 30.3 Å². The van der Waals surface area contributed by atoms with Gasteiger partial charge in [-0.05, 0) is 18.2 Å². The molecule has 0 bridgehead atoms. The fraction of sp³-hybridized carbons (Fsp3) is 0.300. The van der Waals surface area contributed by atoms with E-state index in [9.17, 15) is 24.1 Å². The summed E-state index contributed by atoms with van der Waals surface area (Å²) in [4.78, 5) is 40.7. The molecule has 0 aromatic heterocycles. The number of hydrogen-bond acceptors (Lipinski definition) is 6. The average Bonchev–Trinajstić information content (AvgIpc) is 3.02. The zero-order valence-electron chi connectivity index (χ0n) is 15.5. The summed E-state index contributed by atoms with van der Waals surface area (Å²) in [5.41, 5.74) is 0.561. The summed E-state index contributed by atoms with van der Waals surface area (Å²) >= 11 is 0. The van der Waals surface area contributed by atoms with E-state index < -0.39 is 11.0 Å². The van der Waals surface area contributed by atoms with Gasteiger partial charge in [0.2, 0.25) is 5.91 Å². The molecule has 0 saturated carbocycles. The lowest BCUT2D eigenvalue weighted by atomic mass is 10.1. The van der Waals surface area contributed by atoms with Crippen LogP contribution in [0, 0.1) is 15.9 Å². The first-order chi connectivity index (χ1) is 14.0. The van der Waals surface area contributed by atoms with Crippen LogP contribution in [0.25, 0.3) is 0 Å². The number of anilines is 2. The SMILES string of the molecule is O=C1C[C@@H](N2CCN(c3ccccc3F)CC2)C(=O)N1c1cccc([N+](=O)[O-])c1. The van der Waals surface area contributed by atoms with E-state index in [0.29, 0.717) is 31.9 Å². The molecule has 0 aliphatic carbocycles. The van der Waals surface area contributed by atoms with Crippen LogP contribution in [0.2, 0.25) is 0 Å². The van der Waals surface area contributed by atoms with Gasteiger partial charge in [-0.25, -0.2) is 9.29 Å². The highest BCUT2D eigenvalue weighted by atomic mass is 19.1. The third-order valence-corrected chi connectivity index (χ3v) is 5.37. The van der Waals surface area contributed by atoms with Gasteiger partial charge in [-0.3, -0.25) is 24.6 Å². The second-order valence-electron chi connectivity index (χ2n) is 7.04. The third kappa shape index (κ3) is 3.56. The molecule has 0 N–H and O–H groups in total. The summed E-state index contributed by atoms with van der Waals surface area (Å²) in [5, 5.41) is 11.0. The maximum absolute atomic E-state index is 14.0. The van der Waals surface area contributed by atoms with Gasteiger partial charge in [-0.1, -0.05) is 18.2 Å². The molecule has 0 spiro atoms. The highest BCUT2D eigenvalue weighted by Crippen LogP contribution is 2.29. The molecule has 2 heterocycles. The Morgan fingerprint density at radius 2 is 1.72 bits per heavy atom. The van der Waals surface area contributed by atoms with Crippen molar-refractivity contribution in [2.45, 2.75) is 12.5 Å². The van der Waals surface area contributed by atoms with Gasteiger partial charge in [0.1, 0.15) is 5.82 Å². The summed E-state index contributed by atoms with van der Waals surface area (Å²) in [6, 6.07) is 11.5. The van der Waals surface area contributed by atoms with Crippen molar-refractivity contribution < 1.29 is 18.9 Å². The lowest BCUT2D eigenvalue weighted by Gasteiger charge is -2.38. The number of nitro groups is 1. The molecule has 150 valence electrons. The molecule has 8 nitrogen and oxygen atoms in total. The molecular formula is C20H19FN4O4. The summed E-state index contributed by atoms with van der Waals surface area (Å²) < 4.78 is 14.0. The van der Waals surface area contributed by atoms with Crippen LogP contribution in [-0.2, 0) is 9.59 Å². The normalized spacial score (nSPS) is 20.4. The van der Waals surface area contributed by atoms with Crippen molar-refractivity contribution in [3.8, 4) is 0 Å². The predicted octanol–water partition coefficient (Wildman–Crippen LogP) is 2.19. The third-order valence-electron chi connectivity index (χ3n) is 5.37. The molecule has 1 atom stereocenters. The minimum Gasteiger partial charge on any atom is -0.367 e. The van der Waals surface area contributed by atoms with E-state index in [1.54, 1.807) is 18.2 Å². The zero-order valence-corrected chi connectivity index (χ0v) is 15.5. The number of piperazine rings is 1. The van der Waals surface area contributed by atoms with Crippen molar-refractivity contribution in [3.63, 3.8) is 0 Å². The largest absolute Gasteiger partial charge is 0.367 e. The number of nitro benzene ring substituents is 1. The lowest BCUT2D eigenvalue weighted by Crippen LogP contribution is -2.52. The molecule has 29 heavy (non-hydrogen) atoms. The first-order valence-electron chi connectivity index (χ1n) is 9.30. The number of rotatable bonds is 4. The number of non-ortho nitro benzene ring substituents is 1. The van der Waals surface area contributed by atoms with Crippen LogP contribution in [-0.4, -0.2) is 53.9 Å². The van der Waals surface area contributed by atoms with Crippen molar-refractivity contribution in [3.05, 3.63) is 64.5 Å². The Bertz CT molecular complexity index is 974. The molecule has 2 amide bonds. The molecule has 0 radical (unpaired) electrons. The Balaban J connectivity index is 1.47. The summed E-state index contributed by atoms with van der Waals surface area (Å²) in [5.74, 6) is -1.04. The quantitative estimate of drug-likeness (QED) is 0.446. The van der Waals surface area contributed by atoms with Gasteiger partial charge >= 0.3 is 0 Å². The zero-order chi connectivity index (χ0) is 20.5. The van der Waals surface area contributed by atoms with Crippen molar-refractivity contribution in [1.29, 1.82) is 0 Å². The summed E-state index contributed by atoms with van der Waals surface area (Å²) in [6.07, 6.45) is 0.0290. The number of hydrogen-bond donors (Lipinski definition) is 0. The average molecular weight is 398 g/mol. The summed E-state index contributed by atoms with van der Waals surface area (Å²) in [6.45, 7) is 2.10. The first kappa shape index (κ1) is 19.0. The van der Waals surface area contributed by atoms with Crippen LogP contribution in [0.1, 0.15) is 6.42 Å². The molecule has 2 fully saturated rings. The topological polar surface area (TPSA) is 87.0 Å². The van der Waals surface area contributed by atoms with Gasteiger partial charge in [0.25, 0.3) is 11.6 Å². The smallest absolute Gasteiger partial charge is 0.271 e. The number of imide groups is 1. The highest BCUT2D eigenvalue weighted by Gasteiger charge is 2.43. The molecule has 9 heteroatoms. The Hall–Kier alpha value is -3.33. The van der Waals surface area contributed by atoms with Crippen LogP contribution in [0.4, 0.5) is 21.5 Å². The maximum atomic E-state index is 14.0. The standard InChI is InChI=1S/C20H19FN4O4/c21-16-6-1-2-7-17(16)22-8-10-23(11-9-22)18-13-19(26)24(20(18)27)14-4-3-5-15(12-14)25(28)29/h1-7,12,18H,8-11,13H2/t18-/m1/s1. The predicted molar refractivity (Wildman–Crippen MR) is 104 cm³/mol. The van der Waals surface area contributed by atoms with Gasteiger partial charge in [0.15, 0.2) is 0 Å². The van der Waals surface area contributed by atoms with Gasteiger partial charge in [0.05, 0.1) is 28.8 Å². The van der Waals surface area contributed by atoms with E-state index in [-0.39, 0.29) is 35.4 Å². The number of carbonyl (C=O) groups is 2. The molecule has 2 aliphatic heterocycles. The van der Waals surface area contributed by atoms with E-state index in [4.69, 9.17) is 0 Å². The fourth-order valence-corrected chi connectivity index (χ4v) is 3.90. The van der Waals surface area contributed by atoms with Crippen molar-refractivity contribution in [2.75, 3.05) is 36.0 Å². The summed E-state index contributed by atoms with van der Waals surface area (Å²) in [7, 11) is 0. The van der Waals surface area contributed by atoms with Gasteiger partial charge < -0.3 is 4.90 Å². The lowest BCUT2D eigenvalue weighted by molar-refractivity contribution is -0.384. The number of nitrogens with zero attached hydrogens (tertiary/aromatic N) is 4. The second kappa shape index (κ2) is 7.59. The van der Waals surface area contributed by atoms with Gasteiger partial charge in [-0.2, -0.15) is 0 Å². The van der Waals surface area contributed by atoms with E-state index in [0.717, 1.165) is 4.90 Å². The van der Waals surface area contributed by atoms with Crippen molar-refractivity contribution >= 4 is 28.9 Å². The highest BCUT2D eigenvalue weighted by molar-refractivity contribution is 6.22. The van der Waals surface area contributed by atoms with Crippen molar-refractivity contribution in [1.82, 2.24) is 4.90 Å². The monoisotopic (exact) mass is 398 g/mol.